The van der Waals surface area contributed by atoms with Gasteiger partial charge in [-0.1, -0.05) is 13.3 Å². The molecule has 1 unspecified atom stereocenters. The van der Waals surface area contributed by atoms with Gasteiger partial charge >= 0.3 is 11.9 Å². The van der Waals surface area contributed by atoms with Crippen molar-refractivity contribution in [2.45, 2.75) is 31.4 Å². The molecule has 0 radical (unpaired) electrons. The van der Waals surface area contributed by atoms with Crippen LogP contribution in [0.1, 0.15) is 26.2 Å². The van der Waals surface area contributed by atoms with E-state index < -0.39 is 5.25 Å². The van der Waals surface area contributed by atoms with E-state index in [9.17, 15) is 9.59 Å². The van der Waals surface area contributed by atoms with Crippen LogP contribution in [0, 0.1) is 0 Å². The van der Waals surface area contributed by atoms with E-state index in [1.807, 2.05) is 0 Å². The summed E-state index contributed by atoms with van der Waals surface area (Å²) in [5, 5.41) is -0.436. The number of hydrogen-bond acceptors (Lipinski definition) is 5. The third-order valence-electron chi connectivity index (χ3n) is 1.86. The summed E-state index contributed by atoms with van der Waals surface area (Å²) in [5.41, 5.74) is 0. The highest BCUT2D eigenvalue weighted by Crippen LogP contribution is 2.18. The Morgan fingerprint density at radius 1 is 1.27 bits per heavy atom. The largest absolute Gasteiger partial charge is 0.469 e. The second-order valence-electron chi connectivity index (χ2n) is 3.02. The van der Waals surface area contributed by atoms with Crippen LogP contribution in [-0.4, -0.2) is 37.2 Å². The van der Waals surface area contributed by atoms with Crippen molar-refractivity contribution in [3.63, 3.8) is 0 Å². The number of ether oxygens (including phenoxy) is 2. The molecule has 4 nitrogen and oxygen atoms in total. The van der Waals surface area contributed by atoms with Gasteiger partial charge in [-0.25, -0.2) is 0 Å². The molecule has 0 aliphatic carbocycles. The van der Waals surface area contributed by atoms with Gasteiger partial charge in [0.25, 0.3) is 0 Å². The first-order valence-corrected chi connectivity index (χ1v) is 5.96. The van der Waals surface area contributed by atoms with Crippen molar-refractivity contribution in [1.29, 1.82) is 0 Å². The lowest BCUT2D eigenvalue weighted by atomic mass is 10.3. The minimum Gasteiger partial charge on any atom is -0.469 e. The summed E-state index contributed by atoms with van der Waals surface area (Å²) in [5.74, 6) is 0.115. The topological polar surface area (TPSA) is 52.6 Å². The number of methoxy groups -OCH3 is 2. The number of esters is 2. The molecule has 0 aromatic carbocycles. The normalized spacial score (nSPS) is 11.9. The Morgan fingerprint density at radius 3 is 2.40 bits per heavy atom. The lowest BCUT2D eigenvalue weighted by Gasteiger charge is -2.12. The van der Waals surface area contributed by atoms with Gasteiger partial charge in [0, 0.05) is 0 Å². The predicted molar refractivity (Wildman–Crippen MR) is 59.8 cm³/mol. The highest BCUT2D eigenvalue weighted by Gasteiger charge is 2.23. The molecule has 0 bridgehead atoms. The van der Waals surface area contributed by atoms with Gasteiger partial charge in [0.1, 0.15) is 5.25 Å². The van der Waals surface area contributed by atoms with E-state index in [0.29, 0.717) is 0 Å². The maximum atomic E-state index is 11.3. The Bertz CT molecular complexity index is 206. The fourth-order valence-electron chi connectivity index (χ4n) is 0.946. The maximum absolute atomic E-state index is 11.3. The van der Waals surface area contributed by atoms with Crippen molar-refractivity contribution in [2.24, 2.45) is 0 Å². The monoisotopic (exact) mass is 234 g/mol. The fraction of sp³-hybridized carbons (Fsp3) is 0.800. The summed E-state index contributed by atoms with van der Waals surface area (Å²) >= 11 is 1.45. The van der Waals surface area contributed by atoms with Crippen molar-refractivity contribution in [3.8, 4) is 0 Å². The van der Waals surface area contributed by atoms with Crippen LogP contribution >= 0.6 is 11.8 Å². The predicted octanol–water partition coefficient (Wildman–Crippen LogP) is 1.62. The van der Waals surface area contributed by atoms with Gasteiger partial charge in [0.05, 0.1) is 20.6 Å². The zero-order chi connectivity index (χ0) is 11.7. The van der Waals surface area contributed by atoms with Crippen molar-refractivity contribution in [3.05, 3.63) is 0 Å². The standard InChI is InChI=1S/C10H18O4S/c1-4-5-6-15-8(10(12)14-3)7-9(11)13-2/h8H,4-7H2,1-3H3. The molecule has 5 heteroatoms. The molecular formula is C10H18O4S. The van der Waals surface area contributed by atoms with Gasteiger partial charge in [-0.2, -0.15) is 0 Å². The Balaban J connectivity index is 4.06. The zero-order valence-corrected chi connectivity index (χ0v) is 10.3. The number of rotatable bonds is 7. The summed E-state index contributed by atoms with van der Waals surface area (Å²) in [6, 6.07) is 0. The summed E-state index contributed by atoms with van der Waals surface area (Å²) in [6.45, 7) is 2.08. The van der Waals surface area contributed by atoms with E-state index in [2.05, 4.69) is 16.4 Å². The first-order chi connectivity index (χ1) is 7.15. The lowest BCUT2D eigenvalue weighted by molar-refractivity contribution is -0.146. The molecule has 0 saturated heterocycles. The quantitative estimate of drug-likeness (QED) is 0.495. The van der Waals surface area contributed by atoms with Crippen LogP contribution in [0.5, 0.6) is 0 Å². The van der Waals surface area contributed by atoms with Crippen LogP contribution in [-0.2, 0) is 19.1 Å². The van der Waals surface area contributed by atoms with Gasteiger partial charge < -0.3 is 9.47 Å². The molecule has 0 saturated carbocycles. The van der Waals surface area contributed by atoms with Crippen LogP contribution in [0.15, 0.2) is 0 Å². The molecule has 15 heavy (non-hydrogen) atoms. The van der Waals surface area contributed by atoms with Gasteiger partial charge in [-0.3, -0.25) is 9.59 Å². The van der Waals surface area contributed by atoms with E-state index in [-0.39, 0.29) is 18.4 Å². The first-order valence-electron chi connectivity index (χ1n) is 4.91. The molecule has 0 amide bonds. The molecule has 88 valence electrons. The first kappa shape index (κ1) is 14.3. The van der Waals surface area contributed by atoms with Gasteiger partial charge in [-0.05, 0) is 12.2 Å². The van der Waals surface area contributed by atoms with E-state index >= 15 is 0 Å². The second-order valence-corrected chi connectivity index (χ2v) is 4.33. The molecule has 0 fully saturated rings. The van der Waals surface area contributed by atoms with Gasteiger partial charge in [-0.15, -0.1) is 11.8 Å². The number of carbonyl (C=O) groups excluding carboxylic acids is 2. The zero-order valence-electron chi connectivity index (χ0n) is 9.45. The van der Waals surface area contributed by atoms with Crippen LogP contribution in [0.25, 0.3) is 0 Å². The average Bonchev–Trinajstić information content (AvgIpc) is 2.26. The Kier molecular flexibility index (Phi) is 8.18. The van der Waals surface area contributed by atoms with Crippen molar-refractivity contribution < 1.29 is 19.1 Å². The summed E-state index contributed by atoms with van der Waals surface area (Å²) < 4.78 is 9.14. The second kappa shape index (κ2) is 8.59. The van der Waals surface area contributed by atoms with E-state index in [4.69, 9.17) is 0 Å². The van der Waals surface area contributed by atoms with E-state index in [0.717, 1.165) is 18.6 Å². The smallest absolute Gasteiger partial charge is 0.319 e. The molecule has 0 aromatic heterocycles. The molecule has 0 aromatic rings. The Morgan fingerprint density at radius 2 is 1.93 bits per heavy atom. The van der Waals surface area contributed by atoms with Crippen molar-refractivity contribution >= 4 is 23.7 Å². The van der Waals surface area contributed by atoms with E-state index in [1.165, 1.54) is 26.0 Å². The van der Waals surface area contributed by atoms with Gasteiger partial charge in [0.15, 0.2) is 0 Å². The molecule has 0 spiro atoms. The molecule has 0 heterocycles. The molecule has 0 aliphatic rings. The Labute approximate surface area is 94.7 Å². The third kappa shape index (κ3) is 6.38. The summed E-state index contributed by atoms with van der Waals surface area (Å²) in [6.07, 6.45) is 2.18. The van der Waals surface area contributed by atoms with Crippen LogP contribution in [0.2, 0.25) is 0 Å². The SMILES string of the molecule is CCCCSC(CC(=O)OC)C(=O)OC. The van der Waals surface area contributed by atoms with E-state index in [1.54, 1.807) is 0 Å². The van der Waals surface area contributed by atoms with Crippen molar-refractivity contribution in [1.82, 2.24) is 0 Å². The molecule has 0 rings (SSSR count). The number of unbranched alkanes of at least 4 members (excludes halogenated alkanes) is 1. The van der Waals surface area contributed by atoms with Gasteiger partial charge in [0.2, 0.25) is 0 Å². The highest BCUT2D eigenvalue weighted by molar-refractivity contribution is 8.00. The van der Waals surface area contributed by atoms with Crippen LogP contribution < -0.4 is 0 Å². The molecular weight excluding hydrogens is 216 g/mol. The summed E-state index contributed by atoms with van der Waals surface area (Å²) in [7, 11) is 2.64. The van der Waals surface area contributed by atoms with Crippen LogP contribution in [0.4, 0.5) is 0 Å². The minimum atomic E-state index is -0.436. The number of hydrogen-bond donors (Lipinski definition) is 0. The number of thioether (sulfide) groups is 1. The van der Waals surface area contributed by atoms with Crippen LogP contribution in [0.3, 0.4) is 0 Å². The third-order valence-corrected chi connectivity index (χ3v) is 3.15. The average molecular weight is 234 g/mol. The summed E-state index contributed by atoms with van der Waals surface area (Å²) in [4.78, 5) is 22.3. The minimum absolute atomic E-state index is 0.0809. The molecule has 1 atom stereocenters. The Hall–Kier alpha value is -0.710. The van der Waals surface area contributed by atoms with Crippen molar-refractivity contribution in [2.75, 3.05) is 20.0 Å². The maximum Gasteiger partial charge on any atom is 0.319 e. The highest BCUT2D eigenvalue weighted by atomic mass is 32.2. The molecule has 0 aliphatic heterocycles. The lowest BCUT2D eigenvalue weighted by Crippen LogP contribution is -2.23. The molecule has 0 N–H and O–H groups in total. The number of carbonyl (C=O) groups is 2. The fourth-order valence-corrected chi connectivity index (χ4v) is 2.17.